The van der Waals surface area contributed by atoms with Crippen molar-refractivity contribution >= 4 is 17.1 Å². The SMILES string of the molecule is Cc1nc(C)c(C(=O)c2ncnn2C)s1. The van der Waals surface area contributed by atoms with E-state index in [1.165, 1.54) is 22.3 Å². The molecule has 0 saturated heterocycles. The number of aromatic nitrogens is 4. The van der Waals surface area contributed by atoms with Crippen LogP contribution in [0.2, 0.25) is 0 Å². The van der Waals surface area contributed by atoms with Crippen LogP contribution >= 0.6 is 11.3 Å². The van der Waals surface area contributed by atoms with Gasteiger partial charge < -0.3 is 0 Å². The molecule has 0 N–H and O–H groups in total. The molecule has 0 atom stereocenters. The van der Waals surface area contributed by atoms with Crippen LogP contribution in [-0.2, 0) is 7.05 Å². The molecule has 0 saturated carbocycles. The second kappa shape index (κ2) is 3.54. The van der Waals surface area contributed by atoms with Crippen molar-refractivity contribution in [1.82, 2.24) is 19.7 Å². The van der Waals surface area contributed by atoms with Gasteiger partial charge in [-0.1, -0.05) is 0 Å². The van der Waals surface area contributed by atoms with Crippen molar-refractivity contribution in [2.24, 2.45) is 7.05 Å². The molecule has 6 heteroatoms. The largest absolute Gasteiger partial charge is 0.284 e. The maximum Gasteiger partial charge on any atom is 0.241 e. The summed E-state index contributed by atoms with van der Waals surface area (Å²) in [6, 6.07) is 0. The molecule has 0 aliphatic rings. The van der Waals surface area contributed by atoms with E-state index in [9.17, 15) is 4.79 Å². The first-order valence-electron chi connectivity index (χ1n) is 4.42. The smallest absolute Gasteiger partial charge is 0.241 e. The molecule has 2 aromatic heterocycles. The van der Waals surface area contributed by atoms with Gasteiger partial charge in [-0.05, 0) is 13.8 Å². The second-order valence-corrected chi connectivity index (χ2v) is 4.39. The van der Waals surface area contributed by atoms with Gasteiger partial charge in [0.2, 0.25) is 5.78 Å². The molecule has 0 bridgehead atoms. The summed E-state index contributed by atoms with van der Waals surface area (Å²) in [5, 5.41) is 4.76. The van der Waals surface area contributed by atoms with Crippen LogP contribution < -0.4 is 0 Å². The van der Waals surface area contributed by atoms with E-state index in [2.05, 4.69) is 15.1 Å². The maximum atomic E-state index is 12.0. The van der Waals surface area contributed by atoms with Crippen LogP contribution in [-0.4, -0.2) is 25.5 Å². The lowest BCUT2D eigenvalue weighted by molar-refractivity contribution is 0.102. The Morgan fingerprint density at radius 3 is 2.67 bits per heavy atom. The minimum atomic E-state index is -0.113. The Labute approximate surface area is 90.8 Å². The lowest BCUT2D eigenvalue weighted by Crippen LogP contribution is -2.09. The van der Waals surface area contributed by atoms with Crippen molar-refractivity contribution in [3.05, 3.63) is 27.7 Å². The summed E-state index contributed by atoms with van der Waals surface area (Å²) >= 11 is 1.39. The Morgan fingerprint density at radius 2 is 2.20 bits per heavy atom. The fourth-order valence-electron chi connectivity index (χ4n) is 1.35. The summed E-state index contributed by atoms with van der Waals surface area (Å²) in [6.07, 6.45) is 1.37. The summed E-state index contributed by atoms with van der Waals surface area (Å²) in [5.74, 6) is 0.236. The first kappa shape index (κ1) is 9.97. The number of rotatable bonds is 2. The zero-order valence-corrected chi connectivity index (χ0v) is 9.50. The van der Waals surface area contributed by atoms with Crippen LogP contribution in [0.1, 0.15) is 26.2 Å². The maximum absolute atomic E-state index is 12.0. The Kier molecular flexibility index (Phi) is 2.36. The molecule has 0 spiro atoms. The van der Waals surface area contributed by atoms with Crippen LogP contribution in [0.25, 0.3) is 0 Å². The molecule has 0 fully saturated rings. The number of aryl methyl sites for hydroxylation is 3. The highest BCUT2D eigenvalue weighted by Gasteiger charge is 2.19. The summed E-state index contributed by atoms with van der Waals surface area (Å²) in [7, 11) is 1.70. The number of thiazole rings is 1. The van der Waals surface area contributed by atoms with Gasteiger partial charge in [-0.25, -0.2) is 14.6 Å². The Morgan fingerprint density at radius 1 is 1.47 bits per heavy atom. The molecule has 78 valence electrons. The highest BCUT2D eigenvalue weighted by Crippen LogP contribution is 2.19. The molecule has 2 heterocycles. The van der Waals surface area contributed by atoms with Crippen molar-refractivity contribution < 1.29 is 4.79 Å². The number of carbonyl (C=O) groups is 1. The fourth-order valence-corrected chi connectivity index (χ4v) is 2.20. The molecule has 15 heavy (non-hydrogen) atoms. The first-order chi connectivity index (χ1) is 7.09. The Bertz CT molecular complexity index is 514. The minimum absolute atomic E-state index is 0.113. The van der Waals surface area contributed by atoms with Crippen molar-refractivity contribution in [3.8, 4) is 0 Å². The zero-order valence-electron chi connectivity index (χ0n) is 8.68. The molecule has 0 aliphatic heterocycles. The van der Waals surface area contributed by atoms with E-state index in [1.807, 2.05) is 13.8 Å². The second-order valence-electron chi connectivity index (χ2n) is 3.18. The molecule has 0 aliphatic carbocycles. The van der Waals surface area contributed by atoms with E-state index >= 15 is 0 Å². The molecule has 0 amide bonds. The van der Waals surface area contributed by atoms with Gasteiger partial charge in [-0.2, -0.15) is 5.10 Å². The summed E-state index contributed by atoms with van der Waals surface area (Å²) in [6.45, 7) is 3.71. The molecular weight excluding hydrogens is 212 g/mol. The van der Waals surface area contributed by atoms with Crippen LogP contribution in [0.15, 0.2) is 6.33 Å². The van der Waals surface area contributed by atoms with E-state index in [-0.39, 0.29) is 5.78 Å². The van der Waals surface area contributed by atoms with Crippen LogP contribution in [0.3, 0.4) is 0 Å². The van der Waals surface area contributed by atoms with E-state index in [1.54, 1.807) is 7.05 Å². The first-order valence-corrected chi connectivity index (χ1v) is 5.24. The van der Waals surface area contributed by atoms with Crippen molar-refractivity contribution in [3.63, 3.8) is 0 Å². The summed E-state index contributed by atoms with van der Waals surface area (Å²) < 4.78 is 1.47. The number of ketones is 1. The van der Waals surface area contributed by atoms with Crippen LogP contribution in [0, 0.1) is 13.8 Å². The number of nitrogens with zero attached hydrogens (tertiary/aromatic N) is 4. The van der Waals surface area contributed by atoms with Gasteiger partial charge >= 0.3 is 0 Å². The average Bonchev–Trinajstić information content (AvgIpc) is 2.71. The standard InChI is InChI=1S/C9H10N4OS/c1-5-8(15-6(2)12-5)7(14)9-10-4-11-13(9)3/h4H,1-3H3. The predicted molar refractivity (Wildman–Crippen MR) is 56.0 cm³/mol. The van der Waals surface area contributed by atoms with E-state index in [4.69, 9.17) is 0 Å². The van der Waals surface area contributed by atoms with Crippen molar-refractivity contribution in [2.75, 3.05) is 0 Å². The van der Waals surface area contributed by atoms with Gasteiger partial charge in [0, 0.05) is 7.05 Å². The van der Waals surface area contributed by atoms with Gasteiger partial charge in [0.05, 0.1) is 10.7 Å². The third kappa shape index (κ3) is 1.68. The average molecular weight is 222 g/mol. The number of hydrogen-bond donors (Lipinski definition) is 0. The highest BCUT2D eigenvalue weighted by molar-refractivity contribution is 7.13. The topological polar surface area (TPSA) is 60.7 Å². The molecule has 0 aromatic carbocycles. The van der Waals surface area contributed by atoms with Crippen molar-refractivity contribution in [1.29, 1.82) is 0 Å². The molecule has 2 aromatic rings. The fraction of sp³-hybridized carbons (Fsp3) is 0.333. The molecule has 0 radical (unpaired) electrons. The van der Waals surface area contributed by atoms with Crippen LogP contribution in [0.4, 0.5) is 0 Å². The zero-order chi connectivity index (χ0) is 11.0. The number of carbonyl (C=O) groups excluding carboxylic acids is 1. The quantitative estimate of drug-likeness (QED) is 0.714. The molecule has 2 rings (SSSR count). The molecule has 0 unspecified atom stereocenters. The Hall–Kier alpha value is -1.56. The number of hydrogen-bond acceptors (Lipinski definition) is 5. The molecular formula is C9H10N4OS. The lowest BCUT2D eigenvalue weighted by Gasteiger charge is -1.96. The van der Waals surface area contributed by atoms with Gasteiger partial charge in [-0.3, -0.25) is 4.79 Å². The van der Waals surface area contributed by atoms with E-state index in [0.717, 1.165) is 10.7 Å². The minimum Gasteiger partial charge on any atom is -0.284 e. The van der Waals surface area contributed by atoms with Gasteiger partial charge in [0.15, 0.2) is 5.82 Å². The monoisotopic (exact) mass is 222 g/mol. The van der Waals surface area contributed by atoms with Gasteiger partial charge in [0.1, 0.15) is 11.2 Å². The van der Waals surface area contributed by atoms with Gasteiger partial charge in [-0.15, -0.1) is 11.3 Å². The van der Waals surface area contributed by atoms with Crippen LogP contribution in [0.5, 0.6) is 0 Å². The van der Waals surface area contributed by atoms with E-state index in [0.29, 0.717) is 10.7 Å². The third-order valence-electron chi connectivity index (χ3n) is 2.02. The molecule has 5 nitrogen and oxygen atoms in total. The highest BCUT2D eigenvalue weighted by atomic mass is 32.1. The predicted octanol–water partition coefficient (Wildman–Crippen LogP) is 1.12. The summed E-state index contributed by atoms with van der Waals surface area (Å²) in [5.41, 5.74) is 0.755. The normalized spacial score (nSPS) is 10.6. The lowest BCUT2D eigenvalue weighted by atomic mass is 10.2. The summed E-state index contributed by atoms with van der Waals surface area (Å²) in [4.78, 5) is 20.8. The van der Waals surface area contributed by atoms with E-state index < -0.39 is 0 Å². The van der Waals surface area contributed by atoms with Gasteiger partial charge in [0.25, 0.3) is 0 Å². The Balaban J connectivity index is 2.45. The van der Waals surface area contributed by atoms with Crippen molar-refractivity contribution in [2.45, 2.75) is 13.8 Å². The third-order valence-corrected chi connectivity index (χ3v) is 3.10.